The first kappa shape index (κ1) is 11.6. The van der Waals surface area contributed by atoms with Gasteiger partial charge in [0.05, 0.1) is 12.1 Å². The molecule has 86 valence electrons. The quantitative estimate of drug-likeness (QED) is 0.906. The highest BCUT2D eigenvalue weighted by Gasteiger charge is 2.03. The van der Waals surface area contributed by atoms with Gasteiger partial charge in [-0.15, -0.1) is 11.3 Å². The zero-order chi connectivity index (χ0) is 12.3. The number of benzene rings is 1. The molecule has 1 N–H and O–H groups in total. The van der Waals surface area contributed by atoms with Gasteiger partial charge in [-0.3, -0.25) is 0 Å². The molecule has 0 aliphatic rings. The molecule has 0 saturated heterocycles. The maximum atomic E-state index is 13.3. The summed E-state index contributed by atoms with van der Waals surface area (Å²) in [5.74, 6) is -0.507. The van der Waals surface area contributed by atoms with E-state index in [-0.39, 0.29) is 5.56 Å². The molecule has 0 unspecified atom stereocenters. The minimum atomic E-state index is -0.507. The van der Waals surface area contributed by atoms with Crippen LogP contribution in [0.5, 0.6) is 0 Å². The van der Waals surface area contributed by atoms with Gasteiger partial charge in [-0.05, 0) is 25.1 Å². The minimum Gasteiger partial charge on any atom is -0.378 e. The topological polar surface area (TPSA) is 48.7 Å². The highest BCUT2D eigenvalue weighted by molar-refractivity contribution is 7.11. The Morgan fingerprint density at radius 1 is 1.53 bits per heavy atom. The van der Waals surface area contributed by atoms with Crippen LogP contribution in [-0.2, 0) is 6.54 Å². The van der Waals surface area contributed by atoms with Gasteiger partial charge in [-0.1, -0.05) is 0 Å². The van der Waals surface area contributed by atoms with E-state index >= 15 is 0 Å². The van der Waals surface area contributed by atoms with Crippen LogP contribution >= 0.6 is 11.3 Å². The Labute approximate surface area is 103 Å². The van der Waals surface area contributed by atoms with E-state index in [1.807, 2.05) is 6.92 Å². The standard InChI is InChI=1S/C12H10FN3S/c1-8-6-16-12(17-8)7-15-10-3-2-9(5-14)11(13)4-10/h2-4,6,15H,7H2,1H3. The average molecular weight is 247 g/mol. The maximum absolute atomic E-state index is 13.3. The molecule has 0 atom stereocenters. The lowest BCUT2D eigenvalue weighted by molar-refractivity contribution is 0.624. The van der Waals surface area contributed by atoms with E-state index in [2.05, 4.69) is 10.3 Å². The lowest BCUT2D eigenvalue weighted by Gasteiger charge is -2.04. The first-order chi connectivity index (χ1) is 8.19. The van der Waals surface area contributed by atoms with Crippen LogP contribution in [-0.4, -0.2) is 4.98 Å². The lowest BCUT2D eigenvalue weighted by Crippen LogP contribution is -1.99. The number of anilines is 1. The predicted molar refractivity (Wildman–Crippen MR) is 65.3 cm³/mol. The van der Waals surface area contributed by atoms with Gasteiger partial charge in [0.25, 0.3) is 0 Å². The third kappa shape index (κ3) is 2.80. The molecule has 2 aromatic rings. The number of nitrogens with zero attached hydrogens (tertiary/aromatic N) is 2. The molecule has 0 spiro atoms. The molecule has 3 nitrogen and oxygen atoms in total. The van der Waals surface area contributed by atoms with Crippen molar-refractivity contribution in [2.24, 2.45) is 0 Å². The summed E-state index contributed by atoms with van der Waals surface area (Å²) in [6.07, 6.45) is 1.81. The summed E-state index contributed by atoms with van der Waals surface area (Å²) in [7, 11) is 0. The lowest BCUT2D eigenvalue weighted by atomic mass is 10.2. The number of rotatable bonds is 3. The van der Waals surface area contributed by atoms with Crippen molar-refractivity contribution in [1.82, 2.24) is 4.98 Å². The fourth-order valence-corrected chi connectivity index (χ4v) is 2.10. The van der Waals surface area contributed by atoms with Crippen LogP contribution in [0.25, 0.3) is 0 Å². The Balaban J connectivity index is 2.05. The van der Waals surface area contributed by atoms with Crippen molar-refractivity contribution in [1.29, 1.82) is 5.26 Å². The Morgan fingerprint density at radius 2 is 2.35 bits per heavy atom. The molecular weight excluding hydrogens is 237 g/mol. The van der Waals surface area contributed by atoms with Crippen LogP contribution in [0.3, 0.4) is 0 Å². The van der Waals surface area contributed by atoms with Crippen molar-refractivity contribution < 1.29 is 4.39 Å². The molecule has 0 radical (unpaired) electrons. The highest BCUT2D eigenvalue weighted by atomic mass is 32.1. The van der Waals surface area contributed by atoms with Crippen molar-refractivity contribution in [3.63, 3.8) is 0 Å². The molecule has 2 rings (SSSR count). The monoisotopic (exact) mass is 247 g/mol. The molecule has 1 aromatic carbocycles. The number of aromatic nitrogens is 1. The van der Waals surface area contributed by atoms with Crippen molar-refractivity contribution in [3.05, 3.63) is 45.7 Å². The number of nitriles is 1. The number of aryl methyl sites for hydroxylation is 1. The van der Waals surface area contributed by atoms with E-state index in [9.17, 15) is 4.39 Å². The second-order valence-corrected chi connectivity index (χ2v) is 4.84. The predicted octanol–water partition coefficient (Wildman–Crippen LogP) is 3.07. The normalized spacial score (nSPS) is 9.94. The number of nitrogens with one attached hydrogen (secondary N) is 1. The van der Waals surface area contributed by atoms with Crippen molar-refractivity contribution in [2.75, 3.05) is 5.32 Å². The molecule has 0 fully saturated rings. The summed E-state index contributed by atoms with van der Waals surface area (Å²) in [6.45, 7) is 2.55. The summed E-state index contributed by atoms with van der Waals surface area (Å²) >= 11 is 1.60. The zero-order valence-electron chi connectivity index (χ0n) is 9.20. The van der Waals surface area contributed by atoms with E-state index < -0.39 is 5.82 Å². The second kappa shape index (κ2) is 4.93. The maximum Gasteiger partial charge on any atom is 0.143 e. The Morgan fingerprint density at radius 3 is 2.94 bits per heavy atom. The number of hydrogen-bond acceptors (Lipinski definition) is 4. The SMILES string of the molecule is Cc1cnc(CNc2ccc(C#N)c(F)c2)s1. The molecule has 5 heteroatoms. The summed E-state index contributed by atoms with van der Waals surface area (Å²) in [5.41, 5.74) is 0.704. The third-order valence-corrected chi connectivity index (χ3v) is 3.12. The molecule has 1 aromatic heterocycles. The van der Waals surface area contributed by atoms with E-state index in [4.69, 9.17) is 5.26 Å². The average Bonchev–Trinajstić information content (AvgIpc) is 2.73. The van der Waals surface area contributed by atoms with Gasteiger partial charge in [0.1, 0.15) is 16.9 Å². The van der Waals surface area contributed by atoms with Gasteiger partial charge < -0.3 is 5.32 Å². The summed E-state index contributed by atoms with van der Waals surface area (Å²) < 4.78 is 13.3. The Kier molecular flexibility index (Phi) is 3.35. The molecule has 1 heterocycles. The van der Waals surface area contributed by atoms with Gasteiger partial charge in [0.15, 0.2) is 0 Å². The largest absolute Gasteiger partial charge is 0.378 e. The van der Waals surface area contributed by atoms with E-state index in [0.29, 0.717) is 12.2 Å². The first-order valence-electron chi connectivity index (χ1n) is 5.04. The van der Waals surface area contributed by atoms with E-state index in [1.54, 1.807) is 29.7 Å². The van der Waals surface area contributed by atoms with Crippen molar-refractivity contribution in [2.45, 2.75) is 13.5 Å². The van der Waals surface area contributed by atoms with Crippen LogP contribution in [0, 0.1) is 24.1 Å². The minimum absolute atomic E-state index is 0.0562. The fraction of sp³-hybridized carbons (Fsp3) is 0.167. The molecule has 0 saturated carbocycles. The smallest absolute Gasteiger partial charge is 0.143 e. The van der Waals surface area contributed by atoms with Crippen molar-refractivity contribution >= 4 is 17.0 Å². The zero-order valence-corrected chi connectivity index (χ0v) is 10.0. The summed E-state index contributed by atoms with van der Waals surface area (Å²) in [5, 5.41) is 12.6. The third-order valence-electron chi connectivity index (χ3n) is 2.20. The summed E-state index contributed by atoms with van der Waals surface area (Å²) in [4.78, 5) is 5.34. The number of hydrogen-bond donors (Lipinski definition) is 1. The molecule has 0 amide bonds. The molecular formula is C12H10FN3S. The highest BCUT2D eigenvalue weighted by Crippen LogP contribution is 2.16. The molecule has 17 heavy (non-hydrogen) atoms. The van der Waals surface area contributed by atoms with E-state index in [0.717, 1.165) is 9.88 Å². The first-order valence-corrected chi connectivity index (χ1v) is 5.85. The van der Waals surface area contributed by atoms with Gasteiger partial charge in [-0.2, -0.15) is 5.26 Å². The van der Waals surface area contributed by atoms with Crippen molar-refractivity contribution in [3.8, 4) is 6.07 Å². The Hall–Kier alpha value is -1.93. The van der Waals surface area contributed by atoms with Crippen LogP contribution in [0.1, 0.15) is 15.4 Å². The summed E-state index contributed by atoms with van der Waals surface area (Å²) in [6, 6.07) is 6.25. The van der Waals surface area contributed by atoms with Crippen LogP contribution in [0.15, 0.2) is 24.4 Å². The molecule has 0 aliphatic carbocycles. The van der Waals surface area contributed by atoms with Crippen LogP contribution < -0.4 is 5.32 Å². The van der Waals surface area contributed by atoms with Crippen LogP contribution in [0.4, 0.5) is 10.1 Å². The molecule has 0 bridgehead atoms. The van der Waals surface area contributed by atoms with E-state index in [1.165, 1.54) is 12.1 Å². The number of halogens is 1. The second-order valence-electron chi connectivity index (χ2n) is 3.52. The van der Waals surface area contributed by atoms with Gasteiger partial charge in [-0.25, -0.2) is 9.37 Å². The Bertz CT molecular complexity index is 571. The van der Waals surface area contributed by atoms with Gasteiger partial charge in [0.2, 0.25) is 0 Å². The van der Waals surface area contributed by atoms with Crippen LogP contribution in [0.2, 0.25) is 0 Å². The van der Waals surface area contributed by atoms with Gasteiger partial charge >= 0.3 is 0 Å². The molecule has 0 aliphatic heterocycles. The fourth-order valence-electron chi connectivity index (χ4n) is 1.38. The number of thiazole rings is 1. The van der Waals surface area contributed by atoms with Gasteiger partial charge in [0, 0.05) is 16.8 Å².